The van der Waals surface area contributed by atoms with E-state index < -0.39 is 0 Å². The Morgan fingerprint density at radius 1 is 1.33 bits per heavy atom. The fourth-order valence-electron chi connectivity index (χ4n) is 2.41. The molecule has 1 fully saturated rings. The van der Waals surface area contributed by atoms with Gasteiger partial charge in [0.1, 0.15) is 5.69 Å². The zero-order valence-corrected chi connectivity index (χ0v) is 12.5. The van der Waals surface area contributed by atoms with E-state index in [1.807, 2.05) is 24.3 Å². The Morgan fingerprint density at radius 2 is 2.19 bits per heavy atom. The Balaban J connectivity index is 1.69. The monoisotopic (exact) mass is 287 g/mol. The highest BCUT2D eigenvalue weighted by Crippen LogP contribution is 2.25. The molecular weight excluding hydrogens is 266 g/mol. The molecule has 1 aliphatic rings. The molecule has 0 atom stereocenters. The maximum absolute atomic E-state index is 5.41. The number of aromatic nitrogens is 2. The maximum atomic E-state index is 5.41. The average Bonchev–Trinajstić information content (AvgIpc) is 2.91. The van der Waals surface area contributed by atoms with Crippen LogP contribution in [0.1, 0.15) is 19.5 Å². The molecular formula is C16H21N3O2. The Hall–Kier alpha value is -1.72. The molecule has 112 valence electrons. The first kappa shape index (κ1) is 14.2. The van der Waals surface area contributed by atoms with Crippen LogP contribution in [0.15, 0.2) is 35.0 Å². The van der Waals surface area contributed by atoms with E-state index in [1.54, 1.807) is 6.20 Å². The maximum Gasteiger partial charge on any atom is 0.185 e. The summed E-state index contributed by atoms with van der Waals surface area (Å²) in [5.41, 5.74) is 1.75. The molecule has 0 aliphatic carbocycles. The second-order valence-electron chi connectivity index (χ2n) is 6.12. The zero-order chi connectivity index (χ0) is 14.7. The van der Waals surface area contributed by atoms with Crippen molar-refractivity contribution in [2.45, 2.75) is 25.8 Å². The summed E-state index contributed by atoms with van der Waals surface area (Å²) >= 11 is 0. The van der Waals surface area contributed by atoms with Crippen molar-refractivity contribution in [1.29, 1.82) is 0 Å². The van der Waals surface area contributed by atoms with Crippen LogP contribution in [0.2, 0.25) is 0 Å². The Kier molecular flexibility index (Phi) is 4.03. The molecule has 1 aliphatic heterocycles. The van der Waals surface area contributed by atoms with Crippen LogP contribution >= 0.6 is 0 Å². The number of hydrogen-bond donors (Lipinski definition) is 1. The predicted molar refractivity (Wildman–Crippen MR) is 79.8 cm³/mol. The summed E-state index contributed by atoms with van der Waals surface area (Å²) in [5, 5.41) is 7.78. The van der Waals surface area contributed by atoms with Crippen molar-refractivity contribution in [2.24, 2.45) is 5.92 Å². The number of pyridine rings is 1. The van der Waals surface area contributed by atoms with Crippen LogP contribution in [0.5, 0.6) is 0 Å². The summed E-state index contributed by atoms with van der Waals surface area (Å²) in [6.45, 7) is 6.84. The lowest BCUT2D eigenvalue weighted by atomic mass is 9.90. The van der Waals surface area contributed by atoms with E-state index >= 15 is 0 Å². The van der Waals surface area contributed by atoms with Crippen molar-refractivity contribution in [3.63, 3.8) is 0 Å². The molecule has 21 heavy (non-hydrogen) atoms. The van der Waals surface area contributed by atoms with Crippen LogP contribution < -0.4 is 5.32 Å². The van der Waals surface area contributed by atoms with Gasteiger partial charge in [-0.3, -0.25) is 4.98 Å². The highest BCUT2D eigenvalue weighted by atomic mass is 16.5. The summed E-state index contributed by atoms with van der Waals surface area (Å²) in [4.78, 5) is 4.28. The van der Waals surface area contributed by atoms with Gasteiger partial charge >= 0.3 is 0 Å². The zero-order valence-electron chi connectivity index (χ0n) is 12.5. The number of rotatable bonds is 6. The molecule has 5 nitrogen and oxygen atoms in total. The lowest BCUT2D eigenvalue weighted by Gasteiger charge is -2.42. The number of ether oxygens (including phenoxy) is 1. The van der Waals surface area contributed by atoms with E-state index in [1.165, 1.54) is 0 Å². The third kappa shape index (κ3) is 3.31. The lowest BCUT2D eigenvalue weighted by Crippen LogP contribution is -2.62. The van der Waals surface area contributed by atoms with Crippen LogP contribution in [0.3, 0.4) is 0 Å². The molecule has 1 saturated heterocycles. The average molecular weight is 287 g/mol. The van der Waals surface area contributed by atoms with Crippen LogP contribution in [0.25, 0.3) is 11.5 Å². The SMILES string of the molecule is CC(C)CNC1(Cc2cc(-c3ccccn3)on2)COC1. The number of hydrogen-bond acceptors (Lipinski definition) is 5. The molecule has 0 bridgehead atoms. The number of nitrogens with one attached hydrogen (secondary N) is 1. The van der Waals surface area contributed by atoms with E-state index in [-0.39, 0.29) is 5.54 Å². The van der Waals surface area contributed by atoms with E-state index in [0.29, 0.717) is 11.7 Å². The van der Waals surface area contributed by atoms with E-state index in [9.17, 15) is 0 Å². The first-order chi connectivity index (χ1) is 10.2. The minimum absolute atomic E-state index is 0.00251. The van der Waals surface area contributed by atoms with Gasteiger partial charge in [-0.25, -0.2) is 0 Å². The van der Waals surface area contributed by atoms with Crippen LogP contribution in [0.4, 0.5) is 0 Å². The summed E-state index contributed by atoms with van der Waals surface area (Å²) in [6.07, 6.45) is 2.57. The summed E-state index contributed by atoms with van der Waals surface area (Å²) in [5.74, 6) is 1.33. The van der Waals surface area contributed by atoms with Gasteiger partial charge < -0.3 is 14.6 Å². The van der Waals surface area contributed by atoms with Gasteiger partial charge in [-0.05, 0) is 24.6 Å². The number of nitrogens with zero attached hydrogens (tertiary/aromatic N) is 2. The molecule has 5 heteroatoms. The van der Waals surface area contributed by atoms with Crippen molar-refractivity contribution in [1.82, 2.24) is 15.5 Å². The summed E-state index contributed by atoms with van der Waals surface area (Å²) in [7, 11) is 0. The highest BCUT2D eigenvalue weighted by Gasteiger charge is 2.39. The second kappa shape index (κ2) is 5.95. The normalized spacial score (nSPS) is 16.9. The van der Waals surface area contributed by atoms with E-state index in [0.717, 1.165) is 37.6 Å². The van der Waals surface area contributed by atoms with Crippen LogP contribution in [-0.2, 0) is 11.2 Å². The lowest BCUT2D eigenvalue weighted by molar-refractivity contribution is -0.0755. The molecule has 0 radical (unpaired) electrons. The van der Waals surface area contributed by atoms with Gasteiger partial charge in [0.2, 0.25) is 0 Å². The Labute approximate surface area is 124 Å². The molecule has 2 aromatic rings. The minimum Gasteiger partial charge on any atom is -0.377 e. The van der Waals surface area contributed by atoms with Gasteiger partial charge in [-0.2, -0.15) is 0 Å². The summed E-state index contributed by atoms with van der Waals surface area (Å²) in [6, 6.07) is 7.72. The minimum atomic E-state index is 0.00251. The first-order valence-electron chi connectivity index (χ1n) is 7.37. The Bertz CT molecular complexity index is 576. The van der Waals surface area contributed by atoms with Crippen molar-refractivity contribution >= 4 is 0 Å². The molecule has 1 N–H and O–H groups in total. The molecule has 0 aromatic carbocycles. The topological polar surface area (TPSA) is 60.2 Å². The van der Waals surface area contributed by atoms with Gasteiger partial charge in [-0.15, -0.1) is 0 Å². The molecule has 3 heterocycles. The van der Waals surface area contributed by atoms with Crippen molar-refractivity contribution in [3.05, 3.63) is 36.2 Å². The molecule has 3 rings (SSSR count). The summed E-state index contributed by atoms with van der Waals surface area (Å²) < 4.78 is 10.8. The van der Waals surface area contributed by atoms with Crippen molar-refractivity contribution < 1.29 is 9.26 Å². The Morgan fingerprint density at radius 3 is 2.81 bits per heavy atom. The van der Waals surface area contributed by atoms with E-state index in [2.05, 4.69) is 29.3 Å². The van der Waals surface area contributed by atoms with E-state index in [4.69, 9.17) is 9.26 Å². The van der Waals surface area contributed by atoms with Gasteiger partial charge in [0.05, 0.1) is 24.4 Å². The molecule has 0 spiro atoms. The standard InChI is InChI=1S/C16H21N3O2/c1-12(2)9-18-16(10-20-11-16)8-13-7-15(21-19-13)14-5-3-4-6-17-14/h3-7,12,18H,8-11H2,1-2H3. The first-order valence-corrected chi connectivity index (χ1v) is 7.37. The molecule has 0 saturated carbocycles. The fraction of sp³-hybridized carbons (Fsp3) is 0.500. The molecule has 2 aromatic heterocycles. The molecule has 0 amide bonds. The van der Waals surface area contributed by atoms with Crippen LogP contribution in [-0.4, -0.2) is 35.4 Å². The smallest absolute Gasteiger partial charge is 0.185 e. The largest absolute Gasteiger partial charge is 0.377 e. The third-order valence-corrected chi connectivity index (χ3v) is 3.64. The highest BCUT2D eigenvalue weighted by molar-refractivity contribution is 5.51. The fourth-order valence-corrected chi connectivity index (χ4v) is 2.41. The van der Waals surface area contributed by atoms with Crippen LogP contribution in [0, 0.1) is 5.92 Å². The van der Waals surface area contributed by atoms with Gasteiger partial charge in [-0.1, -0.05) is 25.1 Å². The predicted octanol–water partition coefficient (Wildman–Crippen LogP) is 2.29. The van der Waals surface area contributed by atoms with Gasteiger partial charge in [0.25, 0.3) is 0 Å². The van der Waals surface area contributed by atoms with Crippen molar-refractivity contribution in [3.8, 4) is 11.5 Å². The van der Waals surface area contributed by atoms with Gasteiger partial charge in [0, 0.05) is 18.7 Å². The third-order valence-electron chi connectivity index (χ3n) is 3.64. The second-order valence-corrected chi connectivity index (χ2v) is 6.12. The quantitative estimate of drug-likeness (QED) is 0.883. The molecule has 0 unspecified atom stereocenters. The van der Waals surface area contributed by atoms with Crippen molar-refractivity contribution in [2.75, 3.05) is 19.8 Å². The van der Waals surface area contributed by atoms with Gasteiger partial charge in [0.15, 0.2) is 5.76 Å².